The van der Waals surface area contributed by atoms with Crippen molar-refractivity contribution in [1.29, 1.82) is 0 Å². The van der Waals surface area contributed by atoms with Crippen LogP contribution in [0.15, 0.2) is 54.6 Å². The molecule has 5 nitrogen and oxygen atoms in total. The van der Waals surface area contributed by atoms with Crippen molar-refractivity contribution in [3.05, 3.63) is 65.7 Å². The van der Waals surface area contributed by atoms with Gasteiger partial charge in [-0.3, -0.25) is 9.59 Å². The molecule has 0 aliphatic rings. The maximum absolute atomic E-state index is 12.0. The molecule has 5 heteroatoms. The molecular formula is C16H16N2O3. The molecule has 0 aliphatic carbocycles. The molecule has 2 rings (SSSR count). The van der Waals surface area contributed by atoms with Crippen molar-refractivity contribution in [3.8, 4) is 0 Å². The highest BCUT2D eigenvalue weighted by Gasteiger charge is 2.15. The number of benzene rings is 2. The maximum Gasteiger partial charge on any atom is 0.307 e. The first kappa shape index (κ1) is 14.7. The van der Waals surface area contributed by atoms with Gasteiger partial charge >= 0.3 is 5.97 Å². The molecule has 108 valence electrons. The minimum absolute atomic E-state index is 0.0439. The Kier molecular flexibility index (Phi) is 4.68. The third kappa shape index (κ3) is 4.15. The van der Waals surface area contributed by atoms with Gasteiger partial charge in [-0.1, -0.05) is 42.5 Å². The lowest BCUT2D eigenvalue weighted by Gasteiger charge is -2.12. The quantitative estimate of drug-likeness (QED) is 0.782. The molecule has 0 aliphatic heterocycles. The highest BCUT2D eigenvalue weighted by molar-refractivity contribution is 5.95. The lowest BCUT2D eigenvalue weighted by molar-refractivity contribution is -0.136. The Labute approximate surface area is 122 Å². The smallest absolute Gasteiger partial charge is 0.307 e. The SMILES string of the molecule is NC(C(=O)Nc1ccc(CC(=O)O)cc1)c1ccccc1. The van der Waals surface area contributed by atoms with Crippen LogP contribution in [0, 0.1) is 0 Å². The summed E-state index contributed by atoms with van der Waals surface area (Å²) in [5, 5.41) is 11.4. The van der Waals surface area contributed by atoms with Gasteiger partial charge in [0.1, 0.15) is 6.04 Å². The number of anilines is 1. The summed E-state index contributed by atoms with van der Waals surface area (Å²) < 4.78 is 0. The summed E-state index contributed by atoms with van der Waals surface area (Å²) >= 11 is 0. The third-order valence-corrected chi connectivity index (χ3v) is 3.02. The molecule has 2 aromatic rings. The number of nitrogens with two attached hydrogens (primary N) is 1. The topological polar surface area (TPSA) is 92.4 Å². The van der Waals surface area contributed by atoms with Gasteiger partial charge < -0.3 is 16.2 Å². The summed E-state index contributed by atoms with van der Waals surface area (Å²) in [6.45, 7) is 0. The average Bonchev–Trinajstić information content (AvgIpc) is 2.49. The molecule has 1 atom stereocenters. The van der Waals surface area contributed by atoms with E-state index in [9.17, 15) is 9.59 Å². The minimum atomic E-state index is -0.891. The number of carbonyl (C=O) groups is 2. The number of hydrogen-bond acceptors (Lipinski definition) is 3. The van der Waals surface area contributed by atoms with E-state index in [-0.39, 0.29) is 12.3 Å². The molecule has 2 aromatic carbocycles. The number of rotatable bonds is 5. The van der Waals surface area contributed by atoms with Crippen LogP contribution in [-0.4, -0.2) is 17.0 Å². The fourth-order valence-corrected chi connectivity index (χ4v) is 1.91. The van der Waals surface area contributed by atoms with E-state index in [4.69, 9.17) is 10.8 Å². The average molecular weight is 284 g/mol. The van der Waals surface area contributed by atoms with Crippen molar-refractivity contribution in [2.24, 2.45) is 5.73 Å². The normalized spacial score (nSPS) is 11.7. The molecule has 0 saturated carbocycles. The van der Waals surface area contributed by atoms with Gasteiger partial charge in [0, 0.05) is 5.69 Å². The number of nitrogens with one attached hydrogen (secondary N) is 1. The van der Waals surface area contributed by atoms with Crippen LogP contribution >= 0.6 is 0 Å². The van der Waals surface area contributed by atoms with Gasteiger partial charge in [0.25, 0.3) is 0 Å². The number of amides is 1. The molecule has 0 fully saturated rings. The Hall–Kier alpha value is -2.66. The molecule has 0 heterocycles. The molecule has 1 amide bonds. The van der Waals surface area contributed by atoms with Crippen LogP contribution in [0.25, 0.3) is 0 Å². The van der Waals surface area contributed by atoms with E-state index >= 15 is 0 Å². The zero-order chi connectivity index (χ0) is 15.2. The Morgan fingerprint density at radius 1 is 1.05 bits per heavy atom. The van der Waals surface area contributed by atoms with Gasteiger partial charge in [0.2, 0.25) is 5.91 Å². The molecule has 4 N–H and O–H groups in total. The Bertz CT molecular complexity index is 624. The molecule has 0 bridgehead atoms. The van der Waals surface area contributed by atoms with E-state index < -0.39 is 12.0 Å². The second kappa shape index (κ2) is 6.67. The molecular weight excluding hydrogens is 268 g/mol. The maximum atomic E-state index is 12.0. The van der Waals surface area contributed by atoms with Crippen LogP contribution in [0.4, 0.5) is 5.69 Å². The second-order valence-electron chi connectivity index (χ2n) is 4.65. The number of aliphatic carboxylic acids is 1. The van der Waals surface area contributed by atoms with Crippen molar-refractivity contribution in [3.63, 3.8) is 0 Å². The van der Waals surface area contributed by atoms with Crippen molar-refractivity contribution in [1.82, 2.24) is 0 Å². The van der Waals surface area contributed by atoms with E-state index in [1.807, 2.05) is 18.2 Å². The highest BCUT2D eigenvalue weighted by Crippen LogP contribution is 2.14. The van der Waals surface area contributed by atoms with Crippen molar-refractivity contribution in [2.45, 2.75) is 12.5 Å². The molecule has 1 unspecified atom stereocenters. The Balaban J connectivity index is 2.01. The first-order valence-electron chi connectivity index (χ1n) is 6.48. The fourth-order valence-electron chi connectivity index (χ4n) is 1.91. The Morgan fingerprint density at radius 2 is 1.67 bits per heavy atom. The lowest BCUT2D eigenvalue weighted by Crippen LogP contribution is -2.27. The van der Waals surface area contributed by atoms with Crippen LogP contribution < -0.4 is 11.1 Å². The van der Waals surface area contributed by atoms with E-state index in [1.165, 1.54) is 0 Å². The summed E-state index contributed by atoms with van der Waals surface area (Å²) in [7, 11) is 0. The van der Waals surface area contributed by atoms with Crippen molar-refractivity contribution in [2.75, 3.05) is 5.32 Å². The van der Waals surface area contributed by atoms with Gasteiger partial charge in [-0.05, 0) is 23.3 Å². The van der Waals surface area contributed by atoms with E-state index in [0.29, 0.717) is 11.3 Å². The van der Waals surface area contributed by atoms with Crippen LogP contribution in [0.3, 0.4) is 0 Å². The molecule has 0 spiro atoms. The predicted octanol–water partition coefficient (Wildman–Crippen LogP) is 1.95. The van der Waals surface area contributed by atoms with Crippen LogP contribution in [0.5, 0.6) is 0 Å². The molecule has 0 radical (unpaired) electrons. The number of carboxylic acids is 1. The van der Waals surface area contributed by atoms with Crippen molar-refractivity contribution >= 4 is 17.6 Å². The fraction of sp³-hybridized carbons (Fsp3) is 0.125. The van der Waals surface area contributed by atoms with Gasteiger partial charge in [0.15, 0.2) is 0 Å². The minimum Gasteiger partial charge on any atom is -0.481 e. The number of hydrogen-bond donors (Lipinski definition) is 3. The largest absolute Gasteiger partial charge is 0.481 e. The van der Waals surface area contributed by atoms with Crippen LogP contribution in [0.2, 0.25) is 0 Å². The summed E-state index contributed by atoms with van der Waals surface area (Å²) in [6.07, 6.45) is -0.0439. The molecule has 0 saturated heterocycles. The zero-order valence-electron chi connectivity index (χ0n) is 11.3. The summed E-state index contributed by atoms with van der Waals surface area (Å²) in [4.78, 5) is 22.6. The standard InChI is InChI=1S/C16H16N2O3/c17-15(12-4-2-1-3-5-12)16(21)18-13-8-6-11(7-9-13)10-14(19)20/h1-9,15H,10,17H2,(H,18,21)(H,19,20). The first-order valence-corrected chi connectivity index (χ1v) is 6.48. The van der Waals surface area contributed by atoms with Gasteiger partial charge in [0.05, 0.1) is 6.42 Å². The predicted molar refractivity (Wildman–Crippen MR) is 79.8 cm³/mol. The van der Waals surface area contributed by atoms with Crippen molar-refractivity contribution < 1.29 is 14.7 Å². The first-order chi connectivity index (χ1) is 10.1. The molecule has 0 aromatic heterocycles. The van der Waals surface area contributed by atoms with Crippen LogP contribution in [0.1, 0.15) is 17.2 Å². The summed E-state index contributed by atoms with van der Waals surface area (Å²) in [6, 6.07) is 15.0. The lowest BCUT2D eigenvalue weighted by atomic mass is 10.1. The van der Waals surface area contributed by atoms with E-state index in [2.05, 4.69) is 5.32 Å². The molecule has 21 heavy (non-hydrogen) atoms. The number of carbonyl (C=O) groups excluding carboxylic acids is 1. The highest BCUT2D eigenvalue weighted by atomic mass is 16.4. The van der Waals surface area contributed by atoms with Gasteiger partial charge in [-0.15, -0.1) is 0 Å². The summed E-state index contributed by atoms with van der Waals surface area (Å²) in [5.41, 5.74) is 7.88. The third-order valence-electron chi connectivity index (χ3n) is 3.02. The van der Waals surface area contributed by atoms with Crippen LogP contribution in [-0.2, 0) is 16.0 Å². The monoisotopic (exact) mass is 284 g/mol. The Morgan fingerprint density at radius 3 is 2.24 bits per heavy atom. The van der Waals surface area contributed by atoms with Gasteiger partial charge in [-0.2, -0.15) is 0 Å². The summed E-state index contributed by atoms with van der Waals surface area (Å²) in [5.74, 6) is -1.20. The zero-order valence-corrected chi connectivity index (χ0v) is 11.3. The second-order valence-corrected chi connectivity index (χ2v) is 4.65. The number of carboxylic acid groups (broad SMARTS) is 1. The van der Waals surface area contributed by atoms with E-state index in [1.54, 1.807) is 36.4 Å². The van der Waals surface area contributed by atoms with Gasteiger partial charge in [-0.25, -0.2) is 0 Å². The van der Waals surface area contributed by atoms with E-state index in [0.717, 1.165) is 5.56 Å².